The van der Waals surface area contributed by atoms with Crippen molar-refractivity contribution in [3.05, 3.63) is 29.3 Å². The van der Waals surface area contributed by atoms with Crippen LogP contribution in [0.4, 0.5) is 0 Å². The maximum atomic E-state index is 8.83. The van der Waals surface area contributed by atoms with E-state index in [1.165, 1.54) is 12.8 Å². The topological polar surface area (TPSA) is 36.3 Å². The Bertz CT molecular complexity index is 432. The van der Waals surface area contributed by atoms with Crippen LogP contribution < -0.4 is 4.74 Å². The minimum absolute atomic E-state index is 0.707. The first-order valence-corrected chi connectivity index (χ1v) is 6.04. The van der Waals surface area contributed by atoms with Crippen LogP contribution in [0.2, 0.25) is 0 Å². The molecule has 0 heterocycles. The number of hydrogen-bond acceptors (Lipinski definition) is 3. The van der Waals surface area contributed by atoms with E-state index >= 15 is 0 Å². The smallest absolute Gasteiger partial charge is 0.119 e. The molecule has 0 unspecified atom stereocenters. The number of likely N-dealkylation sites (N-methyl/N-ethyl adjacent to an activating group) is 1. The predicted molar refractivity (Wildman–Crippen MR) is 67.0 cm³/mol. The molecule has 3 heteroatoms. The Morgan fingerprint density at radius 2 is 2.24 bits per heavy atom. The Balaban J connectivity index is 1.82. The molecule has 0 aliphatic heterocycles. The van der Waals surface area contributed by atoms with Crippen molar-refractivity contribution in [3.8, 4) is 11.8 Å². The van der Waals surface area contributed by atoms with Gasteiger partial charge in [-0.2, -0.15) is 5.26 Å². The standard InChI is InChI=1S/C14H18N2O/c1-11-9-14(6-3-12(11)10-15)17-8-7-16(2)13-4-5-13/h3,6,9,13H,4-5,7-8H2,1-2H3. The first-order chi connectivity index (χ1) is 8.20. The molecule has 1 saturated carbocycles. The van der Waals surface area contributed by atoms with Gasteiger partial charge in [-0.05, 0) is 50.6 Å². The highest BCUT2D eigenvalue weighted by Gasteiger charge is 2.25. The minimum atomic E-state index is 0.707. The predicted octanol–water partition coefficient (Wildman–Crippen LogP) is 2.34. The Kier molecular flexibility index (Phi) is 3.65. The van der Waals surface area contributed by atoms with E-state index < -0.39 is 0 Å². The van der Waals surface area contributed by atoms with Gasteiger partial charge in [0.15, 0.2) is 0 Å². The molecule has 0 radical (unpaired) electrons. The number of hydrogen-bond donors (Lipinski definition) is 0. The molecule has 0 aromatic heterocycles. The van der Waals surface area contributed by atoms with Crippen LogP contribution in [0.3, 0.4) is 0 Å². The average molecular weight is 230 g/mol. The number of ether oxygens (including phenoxy) is 1. The highest BCUT2D eigenvalue weighted by atomic mass is 16.5. The summed E-state index contributed by atoms with van der Waals surface area (Å²) in [6, 6.07) is 8.54. The Labute approximate surface area is 103 Å². The van der Waals surface area contributed by atoms with Crippen molar-refractivity contribution in [2.24, 2.45) is 0 Å². The fourth-order valence-electron chi connectivity index (χ4n) is 1.86. The Morgan fingerprint density at radius 3 is 2.82 bits per heavy atom. The van der Waals surface area contributed by atoms with Gasteiger partial charge in [-0.3, -0.25) is 0 Å². The zero-order valence-electron chi connectivity index (χ0n) is 10.4. The van der Waals surface area contributed by atoms with Gasteiger partial charge in [-0.15, -0.1) is 0 Å². The molecule has 1 aromatic carbocycles. The second-order valence-electron chi connectivity index (χ2n) is 4.65. The normalized spacial score (nSPS) is 14.7. The molecule has 1 aliphatic rings. The molecule has 0 spiro atoms. The summed E-state index contributed by atoms with van der Waals surface area (Å²) in [5, 5.41) is 8.83. The largest absolute Gasteiger partial charge is 0.492 e. The quantitative estimate of drug-likeness (QED) is 0.779. The third kappa shape index (κ3) is 3.21. The minimum Gasteiger partial charge on any atom is -0.492 e. The molecule has 1 aliphatic carbocycles. The van der Waals surface area contributed by atoms with Crippen LogP contribution in [-0.4, -0.2) is 31.1 Å². The Hall–Kier alpha value is -1.53. The van der Waals surface area contributed by atoms with Gasteiger partial charge in [0.2, 0.25) is 0 Å². The van der Waals surface area contributed by atoms with Crippen molar-refractivity contribution < 1.29 is 4.74 Å². The van der Waals surface area contributed by atoms with E-state index in [9.17, 15) is 0 Å². The summed E-state index contributed by atoms with van der Waals surface area (Å²) < 4.78 is 5.68. The van der Waals surface area contributed by atoms with Crippen LogP contribution in [0.15, 0.2) is 18.2 Å². The fourth-order valence-corrected chi connectivity index (χ4v) is 1.86. The molecular formula is C14H18N2O. The van der Waals surface area contributed by atoms with Gasteiger partial charge < -0.3 is 9.64 Å². The summed E-state index contributed by atoms with van der Waals surface area (Å²) in [4.78, 5) is 2.34. The second-order valence-corrected chi connectivity index (χ2v) is 4.65. The number of benzene rings is 1. The highest BCUT2D eigenvalue weighted by Crippen LogP contribution is 2.25. The lowest BCUT2D eigenvalue weighted by Crippen LogP contribution is -2.26. The number of nitrogens with zero attached hydrogens (tertiary/aromatic N) is 2. The van der Waals surface area contributed by atoms with E-state index in [1.54, 1.807) is 0 Å². The van der Waals surface area contributed by atoms with Gasteiger partial charge in [0, 0.05) is 12.6 Å². The van der Waals surface area contributed by atoms with E-state index in [2.05, 4.69) is 18.0 Å². The van der Waals surface area contributed by atoms with Crippen molar-refractivity contribution in [3.63, 3.8) is 0 Å². The molecule has 2 rings (SSSR count). The van der Waals surface area contributed by atoms with Crippen LogP contribution in [-0.2, 0) is 0 Å². The molecule has 0 N–H and O–H groups in total. The molecule has 3 nitrogen and oxygen atoms in total. The van der Waals surface area contributed by atoms with Crippen LogP contribution in [0.1, 0.15) is 24.0 Å². The molecule has 0 atom stereocenters. The van der Waals surface area contributed by atoms with Gasteiger partial charge >= 0.3 is 0 Å². The van der Waals surface area contributed by atoms with E-state index in [0.29, 0.717) is 12.2 Å². The van der Waals surface area contributed by atoms with E-state index in [0.717, 1.165) is 23.9 Å². The summed E-state index contributed by atoms with van der Waals surface area (Å²) >= 11 is 0. The molecule has 0 amide bonds. The van der Waals surface area contributed by atoms with Gasteiger partial charge in [0.1, 0.15) is 12.4 Å². The van der Waals surface area contributed by atoms with E-state index in [-0.39, 0.29) is 0 Å². The fraction of sp³-hybridized carbons (Fsp3) is 0.500. The van der Waals surface area contributed by atoms with Crippen molar-refractivity contribution in [2.75, 3.05) is 20.2 Å². The number of aryl methyl sites for hydroxylation is 1. The zero-order valence-corrected chi connectivity index (χ0v) is 10.4. The van der Waals surface area contributed by atoms with Crippen molar-refractivity contribution >= 4 is 0 Å². The molecule has 17 heavy (non-hydrogen) atoms. The molecule has 0 bridgehead atoms. The van der Waals surface area contributed by atoms with Gasteiger partial charge in [0.05, 0.1) is 11.6 Å². The van der Waals surface area contributed by atoms with E-state index in [1.807, 2.05) is 25.1 Å². The van der Waals surface area contributed by atoms with Gasteiger partial charge in [0.25, 0.3) is 0 Å². The third-order valence-electron chi connectivity index (χ3n) is 3.20. The lowest BCUT2D eigenvalue weighted by Gasteiger charge is -2.16. The lowest BCUT2D eigenvalue weighted by atomic mass is 10.1. The monoisotopic (exact) mass is 230 g/mol. The molecular weight excluding hydrogens is 212 g/mol. The third-order valence-corrected chi connectivity index (χ3v) is 3.20. The van der Waals surface area contributed by atoms with Crippen LogP contribution in [0, 0.1) is 18.3 Å². The first-order valence-electron chi connectivity index (χ1n) is 6.04. The number of rotatable bonds is 5. The SMILES string of the molecule is Cc1cc(OCCN(C)C2CC2)ccc1C#N. The van der Waals surface area contributed by atoms with Crippen molar-refractivity contribution in [1.82, 2.24) is 4.90 Å². The highest BCUT2D eigenvalue weighted by molar-refractivity contribution is 5.41. The van der Waals surface area contributed by atoms with Crippen LogP contribution >= 0.6 is 0 Å². The second kappa shape index (κ2) is 5.20. The summed E-state index contributed by atoms with van der Waals surface area (Å²) in [7, 11) is 2.14. The van der Waals surface area contributed by atoms with Gasteiger partial charge in [-0.1, -0.05) is 0 Å². The zero-order chi connectivity index (χ0) is 12.3. The maximum Gasteiger partial charge on any atom is 0.119 e. The maximum absolute atomic E-state index is 8.83. The summed E-state index contributed by atoms with van der Waals surface area (Å²) in [5.74, 6) is 0.852. The first kappa shape index (κ1) is 11.9. The molecule has 1 fully saturated rings. The van der Waals surface area contributed by atoms with Crippen LogP contribution in [0.25, 0.3) is 0 Å². The van der Waals surface area contributed by atoms with E-state index in [4.69, 9.17) is 10.00 Å². The summed E-state index contributed by atoms with van der Waals surface area (Å²) in [6.45, 7) is 3.60. The molecule has 1 aromatic rings. The summed E-state index contributed by atoms with van der Waals surface area (Å²) in [5.41, 5.74) is 1.69. The summed E-state index contributed by atoms with van der Waals surface area (Å²) in [6.07, 6.45) is 2.65. The van der Waals surface area contributed by atoms with Crippen molar-refractivity contribution in [1.29, 1.82) is 5.26 Å². The molecule has 0 saturated heterocycles. The van der Waals surface area contributed by atoms with Crippen molar-refractivity contribution in [2.45, 2.75) is 25.8 Å². The van der Waals surface area contributed by atoms with Crippen LogP contribution in [0.5, 0.6) is 5.75 Å². The number of nitriles is 1. The van der Waals surface area contributed by atoms with Gasteiger partial charge in [-0.25, -0.2) is 0 Å². The lowest BCUT2D eigenvalue weighted by molar-refractivity contribution is 0.232. The molecule has 90 valence electrons. The Morgan fingerprint density at radius 1 is 1.47 bits per heavy atom. The average Bonchev–Trinajstić information content (AvgIpc) is 3.13.